The third kappa shape index (κ3) is 2.41. The minimum absolute atomic E-state index is 0.165. The molecular formula is C13H15BrN2O2. The van der Waals surface area contributed by atoms with Crippen molar-refractivity contribution in [3.63, 3.8) is 0 Å². The van der Waals surface area contributed by atoms with E-state index in [9.17, 15) is 9.59 Å². The molecule has 0 unspecified atom stereocenters. The van der Waals surface area contributed by atoms with E-state index in [1.165, 1.54) is 4.90 Å². The largest absolute Gasteiger partial charge is 0.399 e. The topological polar surface area (TPSA) is 63.4 Å². The Balaban J connectivity index is 2.39. The van der Waals surface area contributed by atoms with Crippen LogP contribution >= 0.6 is 15.9 Å². The number of nitrogens with two attached hydrogens (primary N) is 1. The first-order valence-corrected chi connectivity index (χ1v) is 6.50. The average Bonchev–Trinajstić information content (AvgIpc) is 2.18. The number of halogens is 1. The molecule has 96 valence electrons. The molecule has 1 aromatic rings. The summed E-state index contributed by atoms with van der Waals surface area (Å²) >= 11 is 3.34. The zero-order chi connectivity index (χ0) is 13.5. The van der Waals surface area contributed by atoms with Gasteiger partial charge in [-0.3, -0.25) is 9.59 Å². The van der Waals surface area contributed by atoms with Gasteiger partial charge < -0.3 is 5.73 Å². The molecule has 0 aromatic heterocycles. The van der Waals surface area contributed by atoms with Crippen LogP contribution < -0.4 is 10.6 Å². The van der Waals surface area contributed by atoms with Gasteiger partial charge in [0.1, 0.15) is 0 Å². The summed E-state index contributed by atoms with van der Waals surface area (Å²) < 4.78 is 0.656. The molecule has 18 heavy (non-hydrogen) atoms. The fraction of sp³-hybridized carbons (Fsp3) is 0.385. The number of rotatable bonds is 1. The Bertz CT molecular complexity index is 506. The number of nitrogens with zero attached hydrogens (tertiary/aromatic N) is 1. The van der Waals surface area contributed by atoms with Crippen LogP contribution in [0.5, 0.6) is 0 Å². The van der Waals surface area contributed by atoms with Gasteiger partial charge in [-0.2, -0.15) is 0 Å². The van der Waals surface area contributed by atoms with Crippen molar-refractivity contribution in [1.82, 2.24) is 0 Å². The monoisotopic (exact) mass is 310 g/mol. The van der Waals surface area contributed by atoms with E-state index in [1.54, 1.807) is 18.2 Å². The van der Waals surface area contributed by atoms with Crippen molar-refractivity contribution in [2.45, 2.75) is 26.7 Å². The molecule has 1 aromatic carbocycles. The Morgan fingerprint density at radius 1 is 1.22 bits per heavy atom. The van der Waals surface area contributed by atoms with Crippen LogP contribution in [0.3, 0.4) is 0 Å². The average molecular weight is 311 g/mol. The number of amides is 2. The lowest BCUT2D eigenvalue weighted by molar-refractivity contribution is -0.132. The van der Waals surface area contributed by atoms with Crippen LogP contribution in [-0.4, -0.2) is 11.8 Å². The fourth-order valence-corrected chi connectivity index (χ4v) is 2.73. The summed E-state index contributed by atoms with van der Waals surface area (Å²) in [7, 11) is 0. The van der Waals surface area contributed by atoms with Crippen LogP contribution in [0.2, 0.25) is 0 Å². The Hall–Kier alpha value is -1.36. The lowest BCUT2D eigenvalue weighted by Crippen LogP contribution is -2.46. The van der Waals surface area contributed by atoms with E-state index in [1.807, 2.05) is 13.8 Å². The van der Waals surface area contributed by atoms with Gasteiger partial charge in [-0.25, -0.2) is 4.90 Å². The molecule has 1 saturated heterocycles. The first-order valence-electron chi connectivity index (χ1n) is 5.71. The van der Waals surface area contributed by atoms with E-state index in [-0.39, 0.29) is 17.2 Å². The number of benzene rings is 1. The number of imide groups is 1. The molecule has 2 rings (SSSR count). The number of carbonyl (C=O) groups excluding carboxylic acids is 2. The van der Waals surface area contributed by atoms with Crippen LogP contribution in [0.1, 0.15) is 26.7 Å². The molecule has 1 fully saturated rings. The Kier molecular flexibility index (Phi) is 3.19. The van der Waals surface area contributed by atoms with Gasteiger partial charge in [-0.05, 0) is 39.5 Å². The Morgan fingerprint density at radius 3 is 2.28 bits per heavy atom. The zero-order valence-corrected chi connectivity index (χ0v) is 12.0. The second-order valence-corrected chi connectivity index (χ2v) is 6.21. The maximum atomic E-state index is 12.1. The lowest BCUT2D eigenvalue weighted by Gasteiger charge is -2.35. The summed E-state index contributed by atoms with van der Waals surface area (Å²) in [6.45, 7) is 3.86. The van der Waals surface area contributed by atoms with Crippen LogP contribution in [0.15, 0.2) is 22.7 Å². The molecule has 2 N–H and O–H groups in total. The standard InChI is InChI=1S/C13H15BrN2O2/c1-13(2)6-11(17)16(12(18)7-13)10-4-3-8(15)5-9(10)14/h3-5H,6-7,15H2,1-2H3. The normalized spacial score (nSPS) is 19.2. The van der Waals surface area contributed by atoms with Crippen molar-refractivity contribution >= 4 is 39.1 Å². The number of anilines is 2. The molecule has 0 bridgehead atoms. The predicted molar refractivity (Wildman–Crippen MR) is 74.1 cm³/mol. The lowest BCUT2D eigenvalue weighted by atomic mass is 9.81. The van der Waals surface area contributed by atoms with Crippen LogP contribution in [0.4, 0.5) is 11.4 Å². The van der Waals surface area contributed by atoms with Gasteiger partial charge in [0.2, 0.25) is 11.8 Å². The summed E-state index contributed by atoms with van der Waals surface area (Å²) in [6.07, 6.45) is 0.741. The van der Waals surface area contributed by atoms with Crippen molar-refractivity contribution in [1.29, 1.82) is 0 Å². The van der Waals surface area contributed by atoms with Crippen molar-refractivity contribution in [2.75, 3.05) is 10.6 Å². The molecule has 0 radical (unpaired) electrons. The summed E-state index contributed by atoms with van der Waals surface area (Å²) in [5.41, 5.74) is 6.54. The molecule has 4 nitrogen and oxygen atoms in total. The summed E-state index contributed by atoms with van der Waals surface area (Å²) in [5.74, 6) is -0.330. The van der Waals surface area contributed by atoms with Gasteiger partial charge in [0.05, 0.1) is 5.69 Å². The smallest absolute Gasteiger partial charge is 0.234 e. The SMILES string of the molecule is CC1(C)CC(=O)N(c2ccc(N)cc2Br)C(=O)C1. The first kappa shape index (κ1) is 13.1. The van der Waals surface area contributed by atoms with E-state index in [2.05, 4.69) is 15.9 Å². The molecule has 0 aliphatic carbocycles. The van der Waals surface area contributed by atoms with Gasteiger partial charge in [-0.1, -0.05) is 13.8 Å². The molecule has 1 aliphatic rings. The second-order valence-electron chi connectivity index (χ2n) is 5.35. The van der Waals surface area contributed by atoms with E-state index in [0.717, 1.165) is 0 Å². The van der Waals surface area contributed by atoms with E-state index in [0.29, 0.717) is 28.7 Å². The van der Waals surface area contributed by atoms with E-state index >= 15 is 0 Å². The Labute approximate surface area is 114 Å². The van der Waals surface area contributed by atoms with Crippen LogP contribution in [0, 0.1) is 5.41 Å². The molecule has 1 aliphatic heterocycles. The summed E-state index contributed by atoms with van der Waals surface area (Å²) in [5, 5.41) is 0. The highest BCUT2D eigenvalue weighted by molar-refractivity contribution is 9.10. The second kappa shape index (κ2) is 4.39. The van der Waals surface area contributed by atoms with Gasteiger partial charge in [-0.15, -0.1) is 0 Å². The maximum absolute atomic E-state index is 12.1. The number of piperidine rings is 1. The third-order valence-corrected chi connectivity index (χ3v) is 3.61. The van der Waals surface area contributed by atoms with Gasteiger partial charge >= 0.3 is 0 Å². The third-order valence-electron chi connectivity index (χ3n) is 2.97. The van der Waals surface area contributed by atoms with E-state index in [4.69, 9.17) is 5.73 Å². The predicted octanol–water partition coefficient (Wildman–Crippen LogP) is 2.71. The number of hydrogen-bond acceptors (Lipinski definition) is 3. The Morgan fingerprint density at radius 2 is 1.78 bits per heavy atom. The van der Waals surface area contributed by atoms with Gasteiger partial charge in [0.25, 0.3) is 0 Å². The summed E-state index contributed by atoms with van der Waals surface area (Å²) in [4.78, 5) is 25.5. The molecule has 0 saturated carbocycles. The fourth-order valence-electron chi connectivity index (χ4n) is 2.15. The van der Waals surface area contributed by atoms with Crippen molar-refractivity contribution < 1.29 is 9.59 Å². The molecule has 0 spiro atoms. The van der Waals surface area contributed by atoms with Crippen molar-refractivity contribution in [3.05, 3.63) is 22.7 Å². The highest BCUT2D eigenvalue weighted by atomic mass is 79.9. The first-order chi connectivity index (χ1) is 8.30. The van der Waals surface area contributed by atoms with Crippen LogP contribution in [-0.2, 0) is 9.59 Å². The quantitative estimate of drug-likeness (QED) is 0.641. The van der Waals surface area contributed by atoms with Gasteiger partial charge in [0, 0.05) is 23.0 Å². The number of nitrogen functional groups attached to an aromatic ring is 1. The highest BCUT2D eigenvalue weighted by Crippen LogP contribution is 2.37. The molecule has 1 heterocycles. The maximum Gasteiger partial charge on any atom is 0.234 e. The number of hydrogen-bond donors (Lipinski definition) is 1. The zero-order valence-electron chi connectivity index (χ0n) is 10.4. The molecule has 0 atom stereocenters. The van der Waals surface area contributed by atoms with Crippen LogP contribution in [0.25, 0.3) is 0 Å². The summed E-state index contributed by atoms with van der Waals surface area (Å²) in [6, 6.07) is 5.06. The molecular weight excluding hydrogens is 296 g/mol. The van der Waals surface area contributed by atoms with Crippen molar-refractivity contribution in [3.8, 4) is 0 Å². The van der Waals surface area contributed by atoms with E-state index < -0.39 is 0 Å². The van der Waals surface area contributed by atoms with Crippen molar-refractivity contribution in [2.24, 2.45) is 5.41 Å². The minimum Gasteiger partial charge on any atom is -0.399 e. The van der Waals surface area contributed by atoms with Gasteiger partial charge in [0.15, 0.2) is 0 Å². The highest BCUT2D eigenvalue weighted by Gasteiger charge is 2.38. The molecule has 2 amide bonds. The molecule has 5 heteroatoms. The number of carbonyl (C=O) groups is 2. The minimum atomic E-state index is -0.259.